The van der Waals surface area contributed by atoms with Crippen LogP contribution in [0.3, 0.4) is 0 Å². The lowest BCUT2D eigenvalue weighted by Crippen LogP contribution is -2.41. The molecule has 9 heteroatoms. The number of carbonyl (C=O) groups is 1. The summed E-state index contributed by atoms with van der Waals surface area (Å²) in [7, 11) is 1.33. The van der Waals surface area contributed by atoms with Gasteiger partial charge in [-0.1, -0.05) is 24.3 Å². The summed E-state index contributed by atoms with van der Waals surface area (Å²) < 4.78 is 12.3. The van der Waals surface area contributed by atoms with Crippen molar-refractivity contribution in [3.63, 3.8) is 0 Å². The summed E-state index contributed by atoms with van der Waals surface area (Å²) in [4.78, 5) is 22.2. The highest BCUT2D eigenvalue weighted by atomic mass is 16.7. The molecule has 4 rings (SSSR count). The van der Waals surface area contributed by atoms with Crippen LogP contribution in [0, 0.1) is 17.2 Å². The molecule has 2 saturated heterocycles. The summed E-state index contributed by atoms with van der Waals surface area (Å²) >= 11 is 0. The Balaban J connectivity index is 1.51. The Bertz CT molecular complexity index is 1010. The first-order valence-electron chi connectivity index (χ1n) is 11.0. The van der Waals surface area contributed by atoms with E-state index >= 15 is 0 Å². The van der Waals surface area contributed by atoms with Crippen LogP contribution in [-0.2, 0) is 14.1 Å². The number of hydrogen-bond donors (Lipinski definition) is 2. The van der Waals surface area contributed by atoms with E-state index in [0.717, 1.165) is 16.7 Å². The van der Waals surface area contributed by atoms with Crippen molar-refractivity contribution in [2.75, 3.05) is 20.1 Å². The van der Waals surface area contributed by atoms with E-state index in [1.807, 2.05) is 58.2 Å². The highest BCUT2D eigenvalue weighted by molar-refractivity contribution is 6.62. The standard InChI is InChI=1S/C23H30BN5O3/c1-22(2)23(3,4)32-24(31-22)17-8-6-16(7-9-17)18-12-27-21(28-18)19-10-15(11-25)14-29(19)20(30)13-26-5/h6-9,12,15,19,26H,10,13-14H2,1-5H3,(H,27,28). The molecule has 0 spiro atoms. The third-order valence-electron chi connectivity index (χ3n) is 6.78. The Morgan fingerprint density at radius 1 is 1.28 bits per heavy atom. The molecule has 1 aromatic heterocycles. The largest absolute Gasteiger partial charge is 0.494 e. The van der Waals surface area contributed by atoms with E-state index in [4.69, 9.17) is 14.3 Å². The lowest BCUT2D eigenvalue weighted by molar-refractivity contribution is -0.131. The second-order valence-corrected chi connectivity index (χ2v) is 9.54. The molecule has 2 aliphatic rings. The highest BCUT2D eigenvalue weighted by Gasteiger charge is 2.51. The van der Waals surface area contributed by atoms with Crippen LogP contribution in [0.2, 0.25) is 0 Å². The molecule has 2 atom stereocenters. The molecule has 2 aliphatic heterocycles. The Morgan fingerprint density at radius 3 is 2.53 bits per heavy atom. The number of benzene rings is 1. The number of nitriles is 1. The van der Waals surface area contributed by atoms with E-state index < -0.39 is 7.12 Å². The number of aromatic amines is 1. The van der Waals surface area contributed by atoms with Crippen LogP contribution in [0.5, 0.6) is 0 Å². The Kier molecular flexibility index (Phi) is 5.88. The second kappa shape index (κ2) is 8.36. The summed E-state index contributed by atoms with van der Waals surface area (Å²) in [6.45, 7) is 8.82. The Hall–Kier alpha value is -2.67. The molecule has 0 bridgehead atoms. The zero-order chi connectivity index (χ0) is 23.1. The molecule has 2 aromatic rings. The fourth-order valence-corrected chi connectivity index (χ4v) is 4.16. The van der Waals surface area contributed by atoms with Crippen molar-refractivity contribution in [1.82, 2.24) is 20.2 Å². The number of imidazole rings is 1. The number of carbonyl (C=O) groups excluding carboxylic acids is 1. The first kappa shape index (κ1) is 22.5. The van der Waals surface area contributed by atoms with Gasteiger partial charge in [-0.15, -0.1) is 0 Å². The molecular weight excluding hydrogens is 405 g/mol. The quantitative estimate of drug-likeness (QED) is 0.697. The molecule has 3 heterocycles. The van der Waals surface area contributed by atoms with Crippen molar-refractivity contribution in [1.29, 1.82) is 5.26 Å². The normalized spacial score (nSPS) is 24.0. The van der Waals surface area contributed by atoms with Gasteiger partial charge in [0.05, 0.1) is 41.5 Å². The van der Waals surface area contributed by atoms with Crippen molar-refractivity contribution < 1.29 is 14.1 Å². The molecule has 8 nitrogen and oxygen atoms in total. The molecule has 0 aliphatic carbocycles. The molecule has 168 valence electrons. The van der Waals surface area contributed by atoms with Crippen molar-refractivity contribution in [3.05, 3.63) is 36.3 Å². The number of nitrogens with one attached hydrogen (secondary N) is 2. The van der Waals surface area contributed by atoms with Gasteiger partial charge in [-0.2, -0.15) is 5.26 Å². The van der Waals surface area contributed by atoms with E-state index in [9.17, 15) is 10.1 Å². The highest BCUT2D eigenvalue weighted by Crippen LogP contribution is 2.37. The van der Waals surface area contributed by atoms with Gasteiger partial charge in [0.1, 0.15) is 5.82 Å². The van der Waals surface area contributed by atoms with Crippen molar-refractivity contribution in [2.24, 2.45) is 5.92 Å². The number of likely N-dealkylation sites (tertiary alicyclic amines) is 1. The third kappa shape index (κ3) is 4.06. The van der Waals surface area contributed by atoms with Crippen molar-refractivity contribution in [3.8, 4) is 17.3 Å². The van der Waals surface area contributed by atoms with E-state index in [-0.39, 0.29) is 35.6 Å². The number of hydrogen-bond acceptors (Lipinski definition) is 6. The fraction of sp³-hybridized carbons (Fsp3) is 0.522. The molecule has 1 aromatic carbocycles. The van der Waals surface area contributed by atoms with Crippen molar-refractivity contribution in [2.45, 2.75) is 51.4 Å². The minimum absolute atomic E-state index is 0.0278. The molecule has 1 amide bonds. The maximum Gasteiger partial charge on any atom is 0.494 e. The lowest BCUT2D eigenvalue weighted by atomic mass is 9.79. The smallest absolute Gasteiger partial charge is 0.399 e. The summed E-state index contributed by atoms with van der Waals surface area (Å²) in [5.74, 6) is 0.491. The van der Waals surface area contributed by atoms with E-state index in [1.54, 1.807) is 11.9 Å². The third-order valence-corrected chi connectivity index (χ3v) is 6.78. The molecule has 0 saturated carbocycles. The van der Waals surface area contributed by atoms with Gasteiger partial charge in [0, 0.05) is 18.3 Å². The SMILES string of the molecule is CNCC(=O)N1CC(C#N)CC1c1nc(-c2ccc(B3OC(C)(C)C(C)(C)O3)cc2)c[nH]1. The number of nitrogens with zero attached hydrogens (tertiary/aromatic N) is 3. The molecular formula is C23H30BN5O3. The van der Waals surface area contributed by atoms with Crippen LogP contribution in [0.4, 0.5) is 0 Å². The van der Waals surface area contributed by atoms with Crippen LogP contribution in [0.1, 0.15) is 46.0 Å². The van der Waals surface area contributed by atoms with Gasteiger partial charge in [0.15, 0.2) is 0 Å². The van der Waals surface area contributed by atoms with Gasteiger partial charge in [-0.3, -0.25) is 4.79 Å². The second-order valence-electron chi connectivity index (χ2n) is 9.54. The maximum absolute atomic E-state index is 12.5. The molecule has 0 radical (unpaired) electrons. The van der Waals surface area contributed by atoms with Crippen LogP contribution in [-0.4, -0.2) is 59.2 Å². The minimum Gasteiger partial charge on any atom is -0.399 e. The number of amides is 1. The van der Waals surface area contributed by atoms with Gasteiger partial charge < -0.3 is 24.5 Å². The summed E-state index contributed by atoms with van der Waals surface area (Å²) in [5, 5.41) is 12.3. The molecule has 2 fully saturated rings. The zero-order valence-corrected chi connectivity index (χ0v) is 19.3. The number of rotatable bonds is 5. The average molecular weight is 435 g/mol. The molecule has 2 unspecified atom stereocenters. The van der Waals surface area contributed by atoms with Crippen LogP contribution >= 0.6 is 0 Å². The summed E-state index contributed by atoms with van der Waals surface area (Å²) in [6, 6.07) is 10.1. The van der Waals surface area contributed by atoms with Crippen LogP contribution < -0.4 is 10.8 Å². The van der Waals surface area contributed by atoms with Gasteiger partial charge >= 0.3 is 7.12 Å². The molecule has 32 heavy (non-hydrogen) atoms. The van der Waals surface area contributed by atoms with E-state index in [2.05, 4.69) is 16.4 Å². The van der Waals surface area contributed by atoms with Gasteiger partial charge in [0.25, 0.3) is 0 Å². The monoisotopic (exact) mass is 435 g/mol. The van der Waals surface area contributed by atoms with E-state index in [0.29, 0.717) is 18.8 Å². The Morgan fingerprint density at radius 2 is 1.94 bits per heavy atom. The molecule has 2 N–H and O–H groups in total. The van der Waals surface area contributed by atoms with Gasteiger partial charge in [-0.25, -0.2) is 4.98 Å². The maximum atomic E-state index is 12.5. The average Bonchev–Trinajstić information content (AvgIpc) is 3.44. The number of likely N-dealkylation sites (N-methyl/N-ethyl adjacent to an activating group) is 1. The fourth-order valence-electron chi connectivity index (χ4n) is 4.16. The van der Waals surface area contributed by atoms with Gasteiger partial charge in [-0.05, 0) is 46.6 Å². The lowest BCUT2D eigenvalue weighted by Gasteiger charge is -2.32. The first-order valence-corrected chi connectivity index (χ1v) is 11.0. The summed E-state index contributed by atoms with van der Waals surface area (Å²) in [6.07, 6.45) is 2.43. The van der Waals surface area contributed by atoms with Crippen LogP contribution in [0.15, 0.2) is 30.5 Å². The van der Waals surface area contributed by atoms with Crippen LogP contribution in [0.25, 0.3) is 11.3 Å². The predicted octanol–water partition coefficient (Wildman–Crippen LogP) is 2.01. The summed E-state index contributed by atoms with van der Waals surface area (Å²) in [5.41, 5.74) is 1.94. The van der Waals surface area contributed by atoms with E-state index in [1.165, 1.54) is 0 Å². The minimum atomic E-state index is -0.406. The zero-order valence-electron chi connectivity index (χ0n) is 19.3. The number of aromatic nitrogens is 2. The topological polar surface area (TPSA) is 103 Å². The van der Waals surface area contributed by atoms with Crippen molar-refractivity contribution >= 4 is 18.5 Å². The number of H-pyrrole nitrogens is 1. The predicted molar refractivity (Wildman–Crippen MR) is 122 cm³/mol. The Labute approximate surface area is 189 Å². The first-order chi connectivity index (χ1) is 15.1. The van der Waals surface area contributed by atoms with Gasteiger partial charge in [0.2, 0.25) is 5.91 Å².